The number of hydrogen-bond acceptors (Lipinski definition) is 5. The highest BCUT2D eigenvalue weighted by Gasteiger charge is 2.43. The summed E-state index contributed by atoms with van der Waals surface area (Å²) in [5.74, 6) is 0.853. The Morgan fingerprint density at radius 1 is 1.08 bits per heavy atom. The van der Waals surface area contributed by atoms with Crippen LogP contribution in [-0.2, 0) is 15.0 Å². The van der Waals surface area contributed by atoms with Gasteiger partial charge >= 0.3 is 0 Å². The first-order valence-corrected chi connectivity index (χ1v) is 13.7. The molecule has 6 heteroatoms. The van der Waals surface area contributed by atoms with E-state index in [2.05, 4.69) is 67.0 Å². The van der Waals surface area contributed by atoms with Gasteiger partial charge < -0.3 is 14.5 Å². The molecule has 5 rings (SSSR count). The number of carbonyl (C=O) groups excluding carboxylic acids is 1. The fourth-order valence-electron chi connectivity index (χ4n) is 5.00. The highest BCUT2D eigenvalue weighted by atomic mass is 32.1. The molecule has 1 aromatic heterocycles. The van der Waals surface area contributed by atoms with Crippen molar-refractivity contribution in [1.82, 2.24) is 4.90 Å². The van der Waals surface area contributed by atoms with Crippen molar-refractivity contribution in [2.45, 2.75) is 51.0 Å². The Bertz CT molecular complexity index is 1310. The van der Waals surface area contributed by atoms with Gasteiger partial charge in [-0.25, -0.2) is 0 Å². The predicted octanol–water partition coefficient (Wildman–Crippen LogP) is 6.67. The third kappa shape index (κ3) is 5.49. The van der Waals surface area contributed by atoms with Gasteiger partial charge in [-0.3, -0.25) is 4.79 Å². The smallest absolute Gasteiger partial charge is 0.247 e. The normalized spacial score (nSPS) is 17.5. The fraction of sp³-hybridized carbons (Fsp3) is 0.355. The maximum Gasteiger partial charge on any atom is 0.247 e. The Labute approximate surface area is 223 Å². The summed E-state index contributed by atoms with van der Waals surface area (Å²) in [6.07, 6.45) is 4.08. The number of rotatable bonds is 5. The molecule has 5 nitrogen and oxygen atoms in total. The van der Waals surface area contributed by atoms with Gasteiger partial charge in [0.25, 0.3) is 0 Å². The van der Waals surface area contributed by atoms with Gasteiger partial charge in [0.2, 0.25) is 5.91 Å². The Morgan fingerprint density at radius 2 is 1.84 bits per heavy atom. The Hall–Kier alpha value is -3.38. The van der Waals surface area contributed by atoms with Crippen LogP contribution in [0.1, 0.15) is 62.3 Å². The molecule has 0 bridgehead atoms. The van der Waals surface area contributed by atoms with Crippen LogP contribution >= 0.6 is 11.3 Å². The first kappa shape index (κ1) is 25.3. The highest BCUT2D eigenvalue weighted by molar-refractivity contribution is 7.08. The number of piperidine rings is 1. The van der Waals surface area contributed by atoms with E-state index in [1.807, 2.05) is 29.2 Å². The number of nitrogens with zero attached hydrogens (tertiary/aromatic N) is 2. The van der Waals surface area contributed by atoms with Crippen LogP contribution in [0.2, 0.25) is 0 Å². The van der Waals surface area contributed by atoms with Crippen LogP contribution in [0.4, 0.5) is 0 Å². The maximum absolute atomic E-state index is 13.4. The van der Waals surface area contributed by atoms with E-state index in [0.717, 1.165) is 53.0 Å². The van der Waals surface area contributed by atoms with E-state index in [0.29, 0.717) is 13.1 Å². The minimum absolute atomic E-state index is 0.0443. The Morgan fingerprint density at radius 3 is 2.49 bits per heavy atom. The van der Waals surface area contributed by atoms with Crippen molar-refractivity contribution in [3.05, 3.63) is 93.7 Å². The highest BCUT2D eigenvalue weighted by Crippen LogP contribution is 2.37. The average Bonchev–Trinajstić information content (AvgIpc) is 3.58. The number of likely N-dealkylation sites (tertiary alicyclic amines) is 1. The molecule has 192 valence electrons. The molecule has 2 aliphatic rings. The van der Waals surface area contributed by atoms with Crippen molar-refractivity contribution in [3.63, 3.8) is 0 Å². The number of methoxy groups -OCH3 is 1. The predicted molar refractivity (Wildman–Crippen MR) is 150 cm³/mol. The number of thiophene rings is 1. The lowest BCUT2D eigenvalue weighted by molar-refractivity contribution is -0.131. The van der Waals surface area contributed by atoms with E-state index in [4.69, 9.17) is 9.57 Å². The standard InChI is InChI=1S/C31H34N2O3S/c1-30(2,3)25-10-8-22(9-11-25)27(24-12-17-37-21-24)19-29(34)33-15-13-31(14-16-33)20-28(32-36-31)23-6-5-7-26(18-23)35-4/h5-12,17-19,21H,13-16,20H2,1-4H3/b27-19-. The van der Waals surface area contributed by atoms with Crippen molar-refractivity contribution in [1.29, 1.82) is 0 Å². The molecule has 1 fully saturated rings. The summed E-state index contributed by atoms with van der Waals surface area (Å²) >= 11 is 1.64. The van der Waals surface area contributed by atoms with Crippen LogP contribution in [0, 0.1) is 0 Å². The first-order valence-electron chi connectivity index (χ1n) is 12.8. The zero-order chi connectivity index (χ0) is 26.0. The van der Waals surface area contributed by atoms with Gasteiger partial charge in [-0.05, 0) is 56.6 Å². The van der Waals surface area contributed by atoms with Gasteiger partial charge in [0.15, 0.2) is 0 Å². The Balaban J connectivity index is 1.28. The number of ether oxygens (including phenoxy) is 1. The van der Waals surface area contributed by atoms with Crippen molar-refractivity contribution in [2.24, 2.45) is 5.16 Å². The SMILES string of the molecule is COc1cccc(C2=NOC3(CCN(C(=O)/C=C(/c4ccc(C(C)(C)C)cc4)c4ccsc4)CC3)C2)c1. The number of carbonyl (C=O) groups is 1. The lowest BCUT2D eigenvalue weighted by atomic mass is 9.85. The van der Waals surface area contributed by atoms with Crippen LogP contribution in [0.25, 0.3) is 5.57 Å². The number of hydrogen-bond donors (Lipinski definition) is 0. The topological polar surface area (TPSA) is 51.1 Å². The lowest BCUT2D eigenvalue weighted by Crippen LogP contribution is -2.46. The molecule has 1 spiro atoms. The van der Waals surface area contributed by atoms with Gasteiger partial charge in [0.05, 0.1) is 12.8 Å². The summed E-state index contributed by atoms with van der Waals surface area (Å²) in [6.45, 7) is 7.93. The molecule has 2 aliphatic heterocycles. The summed E-state index contributed by atoms with van der Waals surface area (Å²) in [7, 11) is 1.67. The van der Waals surface area contributed by atoms with Crippen LogP contribution in [0.15, 0.2) is 76.6 Å². The fourth-order valence-corrected chi connectivity index (χ4v) is 5.65. The summed E-state index contributed by atoms with van der Waals surface area (Å²) in [6, 6.07) is 18.6. The van der Waals surface area contributed by atoms with Crippen molar-refractivity contribution >= 4 is 28.5 Å². The third-order valence-electron chi connectivity index (χ3n) is 7.39. The van der Waals surface area contributed by atoms with E-state index >= 15 is 0 Å². The summed E-state index contributed by atoms with van der Waals surface area (Å²) in [4.78, 5) is 21.4. The second-order valence-electron chi connectivity index (χ2n) is 10.9. The van der Waals surface area contributed by atoms with Crippen molar-refractivity contribution in [3.8, 4) is 5.75 Å². The second kappa shape index (κ2) is 10.2. The molecule has 1 amide bonds. The van der Waals surface area contributed by atoms with E-state index in [1.54, 1.807) is 24.5 Å². The van der Waals surface area contributed by atoms with Crippen LogP contribution < -0.4 is 4.74 Å². The maximum atomic E-state index is 13.4. The quantitative estimate of drug-likeness (QED) is 0.357. The van der Waals surface area contributed by atoms with Crippen LogP contribution in [0.3, 0.4) is 0 Å². The Kier molecular flexibility index (Phi) is 6.95. The first-order chi connectivity index (χ1) is 17.8. The molecule has 2 aromatic carbocycles. The molecule has 0 N–H and O–H groups in total. The molecule has 0 atom stereocenters. The molecule has 0 radical (unpaired) electrons. The van der Waals surface area contributed by atoms with E-state index in [1.165, 1.54) is 5.56 Å². The van der Waals surface area contributed by atoms with Crippen LogP contribution in [-0.4, -0.2) is 42.3 Å². The lowest BCUT2D eigenvalue weighted by Gasteiger charge is -2.37. The minimum Gasteiger partial charge on any atom is -0.497 e. The molecule has 37 heavy (non-hydrogen) atoms. The summed E-state index contributed by atoms with van der Waals surface area (Å²) in [5, 5.41) is 8.58. The molecule has 0 aliphatic carbocycles. The van der Waals surface area contributed by atoms with E-state index < -0.39 is 0 Å². The zero-order valence-corrected chi connectivity index (χ0v) is 22.8. The molecule has 3 aromatic rings. The average molecular weight is 515 g/mol. The monoisotopic (exact) mass is 514 g/mol. The largest absolute Gasteiger partial charge is 0.497 e. The third-order valence-corrected chi connectivity index (χ3v) is 8.07. The van der Waals surface area contributed by atoms with Gasteiger partial charge in [-0.15, -0.1) is 0 Å². The second-order valence-corrected chi connectivity index (χ2v) is 11.7. The van der Waals surface area contributed by atoms with Gasteiger partial charge in [0, 0.05) is 44.0 Å². The summed E-state index contributed by atoms with van der Waals surface area (Å²) < 4.78 is 5.36. The number of benzene rings is 2. The van der Waals surface area contributed by atoms with Gasteiger partial charge in [-0.2, -0.15) is 11.3 Å². The number of oxime groups is 1. The molecular formula is C31H34N2O3S. The van der Waals surface area contributed by atoms with Crippen LogP contribution in [0.5, 0.6) is 5.75 Å². The van der Waals surface area contributed by atoms with Crippen molar-refractivity contribution in [2.75, 3.05) is 20.2 Å². The van der Waals surface area contributed by atoms with Gasteiger partial charge in [-0.1, -0.05) is 62.3 Å². The van der Waals surface area contributed by atoms with E-state index in [-0.39, 0.29) is 16.9 Å². The molecule has 1 saturated heterocycles. The van der Waals surface area contributed by atoms with E-state index in [9.17, 15) is 4.79 Å². The molecule has 0 unspecified atom stereocenters. The van der Waals surface area contributed by atoms with Crippen molar-refractivity contribution < 1.29 is 14.4 Å². The molecule has 0 saturated carbocycles. The molecule has 3 heterocycles. The number of amides is 1. The molecular weight excluding hydrogens is 480 g/mol. The summed E-state index contributed by atoms with van der Waals surface area (Å²) in [5.41, 5.74) is 6.09. The minimum atomic E-state index is -0.335. The van der Waals surface area contributed by atoms with Gasteiger partial charge in [0.1, 0.15) is 11.4 Å². The zero-order valence-electron chi connectivity index (χ0n) is 22.0.